The monoisotopic (exact) mass is 309 g/mol. The van der Waals surface area contributed by atoms with Crippen LogP contribution in [0.2, 0.25) is 0 Å². The number of rotatable bonds is 6. The van der Waals surface area contributed by atoms with Gasteiger partial charge in [-0.15, -0.1) is 5.10 Å². The van der Waals surface area contributed by atoms with Crippen LogP contribution in [0.4, 0.5) is 17.5 Å². The predicted molar refractivity (Wildman–Crippen MR) is 94.0 cm³/mol. The summed E-state index contributed by atoms with van der Waals surface area (Å²) in [5, 5.41) is 11.5. The largest absolute Gasteiger partial charge is 0.368 e. The lowest BCUT2D eigenvalue weighted by atomic mass is 9.97. The van der Waals surface area contributed by atoms with E-state index in [1.54, 1.807) is 11.8 Å². The molecule has 0 amide bonds. The van der Waals surface area contributed by atoms with Crippen molar-refractivity contribution in [1.29, 1.82) is 0 Å². The van der Waals surface area contributed by atoms with Crippen LogP contribution >= 0.6 is 0 Å². The van der Waals surface area contributed by atoms with Crippen molar-refractivity contribution in [3.63, 3.8) is 0 Å². The van der Waals surface area contributed by atoms with E-state index in [9.17, 15) is 0 Å². The highest BCUT2D eigenvalue weighted by molar-refractivity contribution is 5.56. The van der Waals surface area contributed by atoms with Gasteiger partial charge in [0.15, 0.2) is 5.82 Å². The van der Waals surface area contributed by atoms with Gasteiger partial charge < -0.3 is 10.2 Å². The number of aromatic nitrogens is 3. The summed E-state index contributed by atoms with van der Waals surface area (Å²) in [6, 6.07) is 10.0. The minimum Gasteiger partial charge on any atom is -0.368 e. The first-order valence-electron chi connectivity index (χ1n) is 8.23. The smallest absolute Gasteiger partial charge is 0.251 e. The highest BCUT2D eigenvalue weighted by Crippen LogP contribution is 2.21. The molecule has 23 heavy (non-hydrogen) atoms. The van der Waals surface area contributed by atoms with Gasteiger partial charge in [0.2, 0.25) is 0 Å². The Morgan fingerprint density at radius 1 is 1.17 bits per heavy atom. The molecular formula is C18H23N5. The van der Waals surface area contributed by atoms with Crippen molar-refractivity contribution in [2.75, 3.05) is 23.8 Å². The SMILES string of the molecule is CN(c1ccccc1)c1nncc(NCCC2=CCCCC2)n1. The standard InChI is InChI=1S/C18H23N5/c1-23(16-10-6-3-7-11-16)18-21-17(14-20-22-18)19-13-12-15-8-4-2-5-9-15/h3,6-8,10-11,14H,2,4-5,9,12-13H2,1H3,(H,19,21,22). The third-order valence-corrected chi connectivity index (χ3v) is 4.13. The highest BCUT2D eigenvalue weighted by Gasteiger charge is 2.08. The van der Waals surface area contributed by atoms with Crippen LogP contribution in [0.25, 0.3) is 0 Å². The Hall–Kier alpha value is -2.43. The number of hydrogen-bond acceptors (Lipinski definition) is 5. The van der Waals surface area contributed by atoms with Gasteiger partial charge in [-0.2, -0.15) is 10.1 Å². The van der Waals surface area contributed by atoms with Gasteiger partial charge in [-0.25, -0.2) is 0 Å². The molecule has 1 heterocycles. The summed E-state index contributed by atoms with van der Waals surface area (Å²) in [4.78, 5) is 6.49. The van der Waals surface area contributed by atoms with E-state index in [-0.39, 0.29) is 0 Å². The molecular weight excluding hydrogens is 286 g/mol. The average molecular weight is 309 g/mol. The molecule has 0 aliphatic heterocycles. The molecule has 1 N–H and O–H groups in total. The lowest BCUT2D eigenvalue weighted by Crippen LogP contribution is -2.15. The number of benzene rings is 1. The fraction of sp³-hybridized carbons (Fsp3) is 0.389. The van der Waals surface area contributed by atoms with Crippen molar-refractivity contribution in [2.24, 2.45) is 0 Å². The summed E-state index contributed by atoms with van der Waals surface area (Å²) in [7, 11) is 1.95. The van der Waals surface area contributed by atoms with Crippen molar-refractivity contribution >= 4 is 17.5 Å². The van der Waals surface area contributed by atoms with Crippen LogP contribution in [0.15, 0.2) is 48.2 Å². The molecule has 0 unspecified atom stereocenters. The number of allylic oxidation sites excluding steroid dienone is 1. The average Bonchev–Trinajstić information content (AvgIpc) is 2.63. The zero-order valence-corrected chi connectivity index (χ0v) is 13.6. The molecule has 0 saturated carbocycles. The van der Waals surface area contributed by atoms with Crippen molar-refractivity contribution < 1.29 is 0 Å². The Morgan fingerprint density at radius 3 is 2.83 bits per heavy atom. The van der Waals surface area contributed by atoms with Crippen molar-refractivity contribution in [2.45, 2.75) is 32.1 Å². The Labute approximate surface area is 137 Å². The first kappa shape index (κ1) is 15.5. The zero-order valence-electron chi connectivity index (χ0n) is 13.6. The Bertz CT molecular complexity index is 653. The number of nitrogens with zero attached hydrogens (tertiary/aromatic N) is 4. The maximum Gasteiger partial charge on any atom is 0.251 e. The van der Waals surface area contributed by atoms with Crippen LogP contribution < -0.4 is 10.2 Å². The molecule has 5 heteroatoms. The number of hydrogen-bond donors (Lipinski definition) is 1. The van der Waals surface area contributed by atoms with Gasteiger partial charge in [0.05, 0.1) is 6.20 Å². The van der Waals surface area contributed by atoms with Gasteiger partial charge in [0.1, 0.15) is 0 Å². The van der Waals surface area contributed by atoms with Gasteiger partial charge in [0.25, 0.3) is 5.95 Å². The quantitative estimate of drug-likeness (QED) is 0.819. The molecule has 2 aromatic rings. The summed E-state index contributed by atoms with van der Waals surface area (Å²) in [5.74, 6) is 1.37. The Balaban J connectivity index is 1.60. The van der Waals surface area contributed by atoms with E-state index < -0.39 is 0 Å². The van der Waals surface area contributed by atoms with E-state index in [4.69, 9.17) is 0 Å². The number of nitrogens with one attached hydrogen (secondary N) is 1. The van der Waals surface area contributed by atoms with Gasteiger partial charge in [-0.1, -0.05) is 29.8 Å². The first-order valence-corrected chi connectivity index (χ1v) is 8.23. The summed E-state index contributed by atoms with van der Waals surface area (Å²) in [6.45, 7) is 0.888. The molecule has 1 aromatic carbocycles. The van der Waals surface area contributed by atoms with Crippen LogP contribution in [0.1, 0.15) is 32.1 Å². The summed E-state index contributed by atoms with van der Waals surface area (Å²) in [6.07, 6.45) is 10.3. The molecule has 0 atom stereocenters. The lowest BCUT2D eigenvalue weighted by Gasteiger charge is -2.17. The van der Waals surface area contributed by atoms with Crippen molar-refractivity contribution in [3.8, 4) is 0 Å². The molecule has 5 nitrogen and oxygen atoms in total. The molecule has 120 valence electrons. The van der Waals surface area contributed by atoms with E-state index in [0.29, 0.717) is 5.95 Å². The lowest BCUT2D eigenvalue weighted by molar-refractivity contribution is 0.679. The third-order valence-electron chi connectivity index (χ3n) is 4.13. The summed E-state index contributed by atoms with van der Waals surface area (Å²) >= 11 is 0. The molecule has 0 bridgehead atoms. The van der Waals surface area contributed by atoms with E-state index in [1.807, 2.05) is 42.3 Å². The normalized spacial score (nSPS) is 14.2. The van der Waals surface area contributed by atoms with Crippen LogP contribution in [-0.4, -0.2) is 28.8 Å². The summed E-state index contributed by atoms with van der Waals surface area (Å²) in [5.41, 5.74) is 2.60. The third kappa shape index (κ3) is 4.28. The van der Waals surface area contributed by atoms with Crippen LogP contribution in [0, 0.1) is 0 Å². The summed E-state index contributed by atoms with van der Waals surface area (Å²) < 4.78 is 0. The number of para-hydroxylation sites is 1. The molecule has 1 aromatic heterocycles. The Morgan fingerprint density at radius 2 is 2.04 bits per heavy atom. The highest BCUT2D eigenvalue weighted by atomic mass is 15.3. The van der Waals surface area contributed by atoms with Crippen LogP contribution in [0.3, 0.4) is 0 Å². The predicted octanol–water partition coefficient (Wildman–Crippen LogP) is 3.94. The number of anilines is 3. The van der Waals surface area contributed by atoms with Crippen LogP contribution in [0.5, 0.6) is 0 Å². The minimum absolute atomic E-state index is 0.595. The van der Waals surface area contributed by atoms with E-state index in [0.717, 1.165) is 24.5 Å². The minimum atomic E-state index is 0.595. The second-order valence-corrected chi connectivity index (χ2v) is 5.82. The van der Waals surface area contributed by atoms with E-state index in [1.165, 1.54) is 25.7 Å². The van der Waals surface area contributed by atoms with Crippen LogP contribution in [-0.2, 0) is 0 Å². The second kappa shape index (κ2) is 7.72. The second-order valence-electron chi connectivity index (χ2n) is 5.82. The van der Waals surface area contributed by atoms with E-state index in [2.05, 4.69) is 26.6 Å². The molecule has 0 saturated heterocycles. The maximum atomic E-state index is 4.55. The fourth-order valence-electron chi connectivity index (χ4n) is 2.77. The molecule has 0 spiro atoms. The van der Waals surface area contributed by atoms with E-state index >= 15 is 0 Å². The van der Waals surface area contributed by atoms with Crippen molar-refractivity contribution in [1.82, 2.24) is 15.2 Å². The van der Waals surface area contributed by atoms with Gasteiger partial charge in [0, 0.05) is 19.3 Å². The topological polar surface area (TPSA) is 53.9 Å². The molecule has 1 aliphatic rings. The molecule has 0 radical (unpaired) electrons. The molecule has 3 rings (SSSR count). The molecule has 0 fully saturated rings. The zero-order chi connectivity index (χ0) is 15.9. The van der Waals surface area contributed by atoms with Gasteiger partial charge >= 0.3 is 0 Å². The fourth-order valence-corrected chi connectivity index (χ4v) is 2.77. The Kier molecular flexibility index (Phi) is 5.19. The molecule has 1 aliphatic carbocycles. The van der Waals surface area contributed by atoms with Gasteiger partial charge in [-0.05, 0) is 44.2 Å². The van der Waals surface area contributed by atoms with Gasteiger partial charge in [-0.3, -0.25) is 0 Å². The maximum absolute atomic E-state index is 4.55. The van der Waals surface area contributed by atoms with Crippen molar-refractivity contribution in [3.05, 3.63) is 48.2 Å². The first-order chi connectivity index (χ1) is 11.3.